The van der Waals surface area contributed by atoms with Crippen molar-refractivity contribution in [1.82, 2.24) is 0 Å². The van der Waals surface area contributed by atoms with Crippen LogP contribution >= 0.6 is 35.6 Å². The summed E-state index contributed by atoms with van der Waals surface area (Å²) in [6.45, 7) is 2.67. The molecule has 0 unspecified atom stereocenters. The maximum atomic E-state index is 5.94. The van der Waals surface area contributed by atoms with Crippen molar-refractivity contribution in [3.8, 4) is 0 Å². The quantitative estimate of drug-likeness (QED) is 0.446. The number of guanidine groups is 1. The fraction of sp³-hybridized carbons (Fsp3) is 0.188. The van der Waals surface area contributed by atoms with Crippen molar-refractivity contribution in [2.24, 2.45) is 10.7 Å². The van der Waals surface area contributed by atoms with Crippen LogP contribution < -0.4 is 11.1 Å². The number of nitrogens with zero attached hydrogens (tertiary/aromatic N) is 1. The third-order valence-electron chi connectivity index (χ3n) is 2.86. The monoisotopic (exact) mass is 415 g/mol. The van der Waals surface area contributed by atoms with Gasteiger partial charge in [-0.1, -0.05) is 35.9 Å². The Morgan fingerprint density at radius 2 is 1.95 bits per heavy atom. The minimum absolute atomic E-state index is 0. The Morgan fingerprint density at radius 3 is 2.67 bits per heavy atom. The van der Waals surface area contributed by atoms with Gasteiger partial charge >= 0.3 is 0 Å². The first-order valence-corrected chi connectivity index (χ1v) is 6.89. The topological polar surface area (TPSA) is 50.4 Å². The van der Waals surface area contributed by atoms with E-state index < -0.39 is 0 Å². The molecule has 0 fully saturated rings. The lowest BCUT2D eigenvalue weighted by atomic mass is 10.1. The van der Waals surface area contributed by atoms with Gasteiger partial charge in [0.05, 0.1) is 0 Å². The van der Waals surface area contributed by atoms with Crippen LogP contribution in [0.1, 0.15) is 11.1 Å². The van der Waals surface area contributed by atoms with E-state index in [1.54, 1.807) is 0 Å². The Bertz CT molecular complexity index is 614. The lowest BCUT2D eigenvalue weighted by molar-refractivity contribution is 0.965. The first-order valence-electron chi connectivity index (χ1n) is 6.51. The Balaban J connectivity index is 0.00000220. The average Bonchev–Trinajstić information content (AvgIpc) is 2.38. The highest BCUT2D eigenvalue weighted by molar-refractivity contribution is 14.0. The third-order valence-corrected chi connectivity index (χ3v) is 3.10. The van der Waals surface area contributed by atoms with Crippen LogP contribution in [0.25, 0.3) is 0 Å². The Morgan fingerprint density at radius 1 is 1.19 bits per heavy atom. The Kier molecular flexibility index (Phi) is 7.53. The van der Waals surface area contributed by atoms with E-state index in [2.05, 4.69) is 10.3 Å². The van der Waals surface area contributed by atoms with Gasteiger partial charge in [0.2, 0.25) is 0 Å². The molecule has 5 heteroatoms. The zero-order valence-electron chi connectivity index (χ0n) is 11.8. The van der Waals surface area contributed by atoms with E-state index in [4.69, 9.17) is 17.3 Å². The summed E-state index contributed by atoms with van der Waals surface area (Å²) in [6.07, 6.45) is 0.816. The van der Waals surface area contributed by atoms with E-state index in [9.17, 15) is 0 Å². The highest BCUT2D eigenvalue weighted by atomic mass is 127. The maximum Gasteiger partial charge on any atom is 0.193 e. The second-order valence-electron chi connectivity index (χ2n) is 4.64. The number of aryl methyl sites for hydroxylation is 1. The van der Waals surface area contributed by atoms with Gasteiger partial charge in [0, 0.05) is 17.3 Å². The molecular formula is C16H19ClIN3. The summed E-state index contributed by atoms with van der Waals surface area (Å²) in [7, 11) is 0. The number of nitrogens with one attached hydrogen (secondary N) is 1. The molecule has 3 N–H and O–H groups in total. The third kappa shape index (κ3) is 6.35. The summed E-state index contributed by atoms with van der Waals surface area (Å²) < 4.78 is 0. The fourth-order valence-corrected chi connectivity index (χ4v) is 2.12. The molecule has 21 heavy (non-hydrogen) atoms. The average molecular weight is 416 g/mol. The van der Waals surface area contributed by atoms with Crippen molar-refractivity contribution >= 4 is 47.2 Å². The summed E-state index contributed by atoms with van der Waals surface area (Å²) in [4.78, 5) is 4.31. The molecule has 0 aliphatic rings. The van der Waals surface area contributed by atoms with Gasteiger partial charge in [0.1, 0.15) is 0 Å². The minimum Gasteiger partial charge on any atom is -0.370 e. The molecule has 0 atom stereocenters. The molecule has 0 aliphatic heterocycles. The van der Waals surface area contributed by atoms with Gasteiger partial charge in [-0.3, -0.25) is 4.99 Å². The van der Waals surface area contributed by atoms with Gasteiger partial charge < -0.3 is 11.1 Å². The van der Waals surface area contributed by atoms with E-state index in [-0.39, 0.29) is 24.0 Å². The summed E-state index contributed by atoms with van der Waals surface area (Å²) in [6, 6.07) is 15.8. The zero-order valence-corrected chi connectivity index (χ0v) is 14.9. The molecule has 3 nitrogen and oxygen atoms in total. The number of halogens is 2. The SMILES string of the molecule is Cc1cccc(NC(N)=NCCc2cccc(Cl)c2)c1.I. The van der Waals surface area contributed by atoms with E-state index in [1.165, 1.54) is 5.56 Å². The lowest BCUT2D eigenvalue weighted by Gasteiger charge is -2.06. The summed E-state index contributed by atoms with van der Waals surface area (Å²) in [5.41, 5.74) is 9.15. The van der Waals surface area contributed by atoms with Crippen LogP contribution in [0.15, 0.2) is 53.5 Å². The smallest absolute Gasteiger partial charge is 0.193 e. The number of hydrogen-bond donors (Lipinski definition) is 2. The number of anilines is 1. The number of hydrogen-bond acceptors (Lipinski definition) is 1. The number of benzene rings is 2. The van der Waals surface area contributed by atoms with E-state index >= 15 is 0 Å². The predicted molar refractivity (Wildman–Crippen MR) is 102 cm³/mol. The van der Waals surface area contributed by atoms with Gasteiger partial charge in [-0.05, 0) is 48.7 Å². The molecule has 0 radical (unpaired) electrons. The van der Waals surface area contributed by atoms with Crippen LogP contribution in [0.5, 0.6) is 0 Å². The Labute approximate surface area is 147 Å². The fourth-order valence-electron chi connectivity index (χ4n) is 1.91. The number of nitrogens with two attached hydrogens (primary N) is 1. The van der Waals surface area contributed by atoms with Gasteiger partial charge in [0.25, 0.3) is 0 Å². The van der Waals surface area contributed by atoms with Crippen molar-refractivity contribution in [3.63, 3.8) is 0 Å². The molecule has 0 aliphatic carbocycles. The van der Waals surface area contributed by atoms with Crippen LogP contribution in [0, 0.1) is 6.92 Å². The molecule has 0 heterocycles. The van der Waals surface area contributed by atoms with Gasteiger partial charge in [-0.2, -0.15) is 0 Å². The van der Waals surface area contributed by atoms with Crippen molar-refractivity contribution in [2.75, 3.05) is 11.9 Å². The van der Waals surface area contributed by atoms with Crippen LogP contribution in [-0.2, 0) is 6.42 Å². The van der Waals surface area contributed by atoms with Crippen LogP contribution in [0.4, 0.5) is 5.69 Å². The van der Waals surface area contributed by atoms with E-state index in [1.807, 2.05) is 55.5 Å². The summed E-state index contributed by atoms with van der Waals surface area (Å²) in [5, 5.41) is 3.83. The van der Waals surface area contributed by atoms with Crippen molar-refractivity contribution in [3.05, 3.63) is 64.7 Å². The zero-order chi connectivity index (χ0) is 14.4. The molecular weight excluding hydrogens is 397 g/mol. The number of rotatable bonds is 4. The first kappa shape index (κ1) is 17.8. The normalized spacial score (nSPS) is 10.9. The second kappa shape index (κ2) is 8.89. The minimum atomic E-state index is 0. The summed E-state index contributed by atoms with van der Waals surface area (Å²) >= 11 is 5.94. The molecule has 0 spiro atoms. The first-order chi connectivity index (χ1) is 9.63. The van der Waals surface area contributed by atoms with Gasteiger partial charge in [-0.15, -0.1) is 24.0 Å². The van der Waals surface area contributed by atoms with E-state index in [0.29, 0.717) is 12.5 Å². The van der Waals surface area contributed by atoms with Crippen molar-refractivity contribution in [2.45, 2.75) is 13.3 Å². The molecule has 0 saturated carbocycles. The number of aliphatic imine (C=N–C) groups is 1. The van der Waals surface area contributed by atoms with Crippen LogP contribution in [0.3, 0.4) is 0 Å². The molecule has 2 rings (SSSR count). The molecule has 0 bridgehead atoms. The summed E-state index contributed by atoms with van der Waals surface area (Å²) in [5.74, 6) is 0.428. The Hall–Kier alpha value is -1.27. The van der Waals surface area contributed by atoms with Crippen molar-refractivity contribution in [1.29, 1.82) is 0 Å². The van der Waals surface area contributed by atoms with Crippen molar-refractivity contribution < 1.29 is 0 Å². The van der Waals surface area contributed by atoms with Gasteiger partial charge in [-0.25, -0.2) is 0 Å². The maximum absolute atomic E-state index is 5.94. The molecule has 2 aromatic rings. The molecule has 0 aromatic heterocycles. The van der Waals surface area contributed by atoms with Crippen LogP contribution in [-0.4, -0.2) is 12.5 Å². The molecule has 0 saturated heterocycles. The second-order valence-corrected chi connectivity index (χ2v) is 5.08. The predicted octanol–water partition coefficient (Wildman–Crippen LogP) is 4.24. The molecule has 2 aromatic carbocycles. The molecule has 0 amide bonds. The van der Waals surface area contributed by atoms with E-state index in [0.717, 1.165) is 22.7 Å². The lowest BCUT2D eigenvalue weighted by Crippen LogP contribution is -2.23. The standard InChI is InChI=1S/C16H18ClN3.HI/c1-12-4-2-7-15(10-12)20-16(18)19-9-8-13-5-3-6-14(17)11-13;/h2-7,10-11H,8-9H2,1H3,(H3,18,19,20);1H. The largest absolute Gasteiger partial charge is 0.370 e. The highest BCUT2D eigenvalue weighted by Gasteiger charge is 1.97. The van der Waals surface area contributed by atoms with Gasteiger partial charge in [0.15, 0.2) is 5.96 Å². The molecule has 112 valence electrons. The van der Waals surface area contributed by atoms with Crippen LogP contribution in [0.2, 0.25) is 5.02 Å². The highest BCUT2D eigenvalue weighted by Crippen LogP contribution is 2.11.